The molecule has 0 saturated heterocycles. The SMILES string of the molecule is CCn1c(-c2ccc(Cl)cc2)nc2c(=O)[nH]c(Cc3cc(F)cc(F)c3)nc21. The van der Waals surface area contributed by atoms with Crippen LogP contribution in [0.5, 0.6) is 0 Å². The molecule has 1 N–H and O–H groups in total. The second-order valence-electron chi connectivity index (χ2n) is 6.33. The van der Waals surface area contributed by atoms with Gasteiger partial charge >= 0.3 is 0 Å². The molecule has 0 aliphatic carbocycles. The molecule has 0 radical (unpaired) electrons. The highest BCUT2D eigenvalue weighted by molar-refractivity contribution is 6.30. The van der Waals surface area contributed by atoms with Crippen LogP contribution in [0.3, 0.4) is 0 Å². The Morgan fingerprint density at radius 1 is 1.07 bits per heavy atom. The first kappa shape index (κ1) is 18.3. The average molecular weight is 401 g/mol. The van der Waals surface area contributed by atoms with Crippen LogP contribution in [-0.2, 0) is 13.0 Å². The highest BCUT2D eigenvalue weighted by Crippen LogP contribution is 2.24. The summed E-state index contributed by atoms with van der Waals surface area (Å²) in [5.41, 5.74) is 1.40. The summed E-state index contributed by atoms with van der Waals surface area (Å²) in [5, 5.41) is 0.600. The molecule has 0 bridgehead atoms. The van der Waals surface area contributed by atoms with Crippen molar-refractivity contribution in [2.45, 2.75) is 19.9 Å². The van der Waals surface area contributed by atoms with E-state index in [9.17, 15) is 13.6 Å². The Hall–Kier alpha value is -3.06. The van der Waals surface area contributed by atoms with Gasteiger partial charge in [0.05, 0.1) is 0 Å². The fraction of sp³-hybridized carbons (Fsp3) is 0.150. The molecular weight excluding hydrogens is 386 g/mol. The number of rotatable bonds is 4. The van der Waals surface area contributed by atoms with E-state index in [1.165, 1.54) is 12.1 Å². The fourth-order valence-corrected chi connectivity index (χ4v) is 3.29. The van der Waals surface area contributed by atoms with Crippen molar-refractivity contribution in [3.05, 3.63) is 80.9 Å². The molecule has 5 nitrogen and oxygen atoms in total. The van der Waals surface area contributed by atoms with Gasteiger partial charge < -0.3 is 9.55 Å². The summed E-state index contributed by atoms with van der Waals surface area (Å²) >= 11 is 5.95. The Kier molecular flexibility index (Phi) is 4.68. The van der Waals surface area contributed by atoms with E-state index in [-0.39, 0.29) is 11.9 Å². The van der Waals surface area contributed by atoms with E-state index in [1.54, 1.807) is 12.1 Å². The lowest BCUT2D eigenvalue weighted by molar-refractivity contribution is 0.580. The first-order chi connectivity index (χ1) is 13.4. The van der Waals surface area contributed by atoms with Gasteiger partial charge in [0.15, 0.2) is 11.2 Å². The van der Waals surface area contributed by atoms with Crippen LogP contribution >= 0.6 is 11.6 Å². The second-order valence-corrected chi connectivity index (χ2v) is 6.76. The van der Waals surface area contributed by atoms with Crippen LogP contribution in [-0.4, -0.2) is 19.5 Å². The van der Waals surface area contributed by atoms with Crippen LogP contribution in [0.15, 0.2) is 47.3 Å². The van der Waals surface area contributed by atoms with Crippen molar-refractivity contribution in [1.29, 1.82) is 0 Å². The predicted molar refractivity (Wildman–Crippen MR) is 103 cm³/mol. The summed E-state index contributed by atoms with van der Waals surface area (Å²) in [6, 6.07) is 10.4. The van der Waals surface area contributed by atoms with Gasteiger partial charge in [0.1, 0.15) is 23.3 Å². The van der Waals surface area contributed by atoms with E-state index >= 15 is 0 Å². The minimum Gasteiger partial charge on any atom is -0.309 e. The topological polar surface area (TPSA) is 63.6 Å². The molecule has 0 amide bonds. The lowest BCUT2D eigenvalue weighted by Crippen LogP contribution is -2.13. The maximum atomic E-state index is 13.4. The van der Waals surface area contributed by atoms with E-state index in [4.69, 9.17) is 11.6 Å². The van der Waals surface area contributed by atoms with Gasteiger partial charge in [-0.15, -0.1) is 0 Å². The van der Waals surface area contributed by atoms with Crippen LogP contribution in [0.1, 0.15) is 18.3 Å². The summed E-state index contributed by atoms with van der Waals surface area (Å²) in [6.07, 6.45) is 0.0883. The van der Waals surface area contributed by atoms with E-state index in [2.05, 4.69) is 15.0 Å². The zero-order valence-corrected chi connectivity index (χ0v) is 15.6. The third kappa shape index (κ3) is 3.41. The largest absolute Gasteiger partial charge is 0.309 e. The number of nitrogens with zero attached hydrogens (tertiary/aromatic N) is 3. The van der Waals surface area contributed by atoms with E-state index in [0.29, 0.717) is 34.4 Å². The molecule has 0 unspecified atom stereocenters. The lowest BCUT2D eigenvalue weighted by atomic mass is 10.1. The number of fused-ring (bicyclic) bond motifs is 1. The molecule has 2 aromatic carbocycles. The molecular formula is C20H15ClF2N4O. The highest BCUT2D eigenvalue weighted by atomic mass is 35.5. The lowest BCUT2D eigenvalue weighted by Gasteiger charge is -2.07. The number of H-pyrrole nitrogens is 1. The molecule has 28 heavy (non-hydrogen) atoms. The maximum absolute atomic E-state index is 13.4. The Morgan fingerprint density at radius 3 is 2.39 bits per heavy atom. The highest BCUT2D eigenvalue weighted by Gasteiger charge is 2.17. The molecule has 0 fully saturated rings. The van der Waals surface area contributed by atoms with Gasteiger partial charge in [-0.3, -0.25) is 4.79 Å². The third-order valence-electron chi connectivity index (χ3n) is 4.37. The molecule has 8 heteroatoms. The number of hydrogen-bond donors (Lipinski definition) is 1. The van der Waals surface area contributed by atoms with Crippen molar-refractivity contribution in [2.75, 3.05) is 0 Å². The Labute approximate surface area is 163 Å². The molecule has 0 spiro atoms. The van der Waals surface area contributed by atoms with Crippen molar-refractivity contribution in [2.24, 2.45) is 0 Å². The van der Waals surface area contributed by atoms with Crippen molar-refractivity contribution < 1.29 is 8.78 Å². The van der Waals surface area contributed by atoms with Crippen LogP contribution in [0.25, 0.3) is 22.6 Å². The van der Waals surface area contributed by atoms with E-state index in [0.717, 1.165) is 11.6 Å². The second kappa shape index (κ2) is 7.16. The van der Waals surface area contributed by atoms with Gasteiger partial charge in [-0.2, -0.15) is 0 Å². The third-order valence-corrected chi connectivity index (χ3v) is 4.62. The Bertz CT molecular complexity index is 1210. The Morgan fingerprint density at radius 2 is 1.75 bits per heavy atom. The zero-order chi connectivity index (χ0) is 19.8. The van der Waals surface area contributed by atoms with E-state index in [1.807, 2.05) is 23.6 Å². The zero-order valence-electron chi connectivity index (χ0n) is 14.8. The molecule has 142 valence electrons. The number of halogens is 3. The van der Waals surface area contributed by atoms with Crippen molar-refractivity contribution in [3.63, 3.8) is 0 Å². The number of nitrogens with one attached hydrogen (secondary N) is 1. The van der Waals surface area contributed by atoms with Gasteiger partial charge in [-0.1, -0.05) is 11.6 Å². The van der Waals surface area contributed by atoms with Crippen molar-refractivity contribution in [3.8, 4) is 11.4 Å². The number of aryl methyl sites for hydroxylation is 1. The number of aromatic amines is 1. The molecule has 0 aliphatic heterocycles. The molecule has 2 aromatic heterocycles. The van der Waals surface area contributed by atoms with Crippen molar-refractivity contribution >= 4 is 22.8 Å². The van der Waals surface area contributed by atoms with Crippen LogP contribution < -0.4 is 5.56 Å². The normalized spacial score (nSPS) is 11.3. The predicted octanol–water partition coefficient (Wildman–Crippen LogP) is 4.33. The van der Waals surface area contributed by atoms with Crippen LogP contribution in [0, 0.1) is 11.6 Å². The molecule has 0 aliphatic rings. The summed E-state index contributed by atoms with van der Waals surface area (Å²) in [6.45, 7) is 2.46. The first-order valence-electron chi connectivity index (χ1n) is 8.65. The number of aromatic nitrogens is 4. The number of hydrogen-bond acceptors (Lipinski definition) is 3. The van der Waals surface area contributed by atoms with Crippen LogP contribution in [0.2, 0.25) is 5.02 Å². The maximum Gasteiger partial charge on any atom is 0.279 e. The number of imidazole rings is 1. The van der Waals surface area contributed by atoms with Gasteiger partial charge in [-0.25, -0.2) is 18.7 Å². The summed E-state index contributed by atoms with van der Waals surface area (Å²) in [7, 11) is 0. The molecule has 4 aromatic rings. The average Bonchev–Trinajstić information content (AvgIpc) is 3.00. The van der Waals surface area contributed by atoms with Crippen LogP contribution in [0.4, 0.5) is 8.78 Å². The Balaban J connectivity index is 1.83. The minimum absolute atomic E-state index is 0.0883. The minimum atomic E-state index is -0.679. The molecule has 0 atom stereocenters. The fourth-order valence-electron chi connectivity index (χ4n) is 3.17. The molecule has 2 heterocycles. The van der Waals surface area contributed by atoms with Gasteiger partial charge in [0.2, 0.25) is 0 Å². The summed E-state index contributed by atoms with van der Waals surface area (Å²) in [4.78, 5) is 24.2. The molecule has 0 saturated carbocycles. The smallest absolute Gasteiger partial charge is 0.279 e. The quantitative estimate of drug-likeness (QED) is 0.554. The van der Waals surface area contributed by atoms with E-state index < -0.39 is 17.2 Å². The van der Waals surface area contributed by atoms with Crippen molar-refractivity contribution in [1.82, 2.24) is 19.5 Å². The monoisotopic (exact) mass is 400 g/mol. The van der Waals surface area contributed by atoms with Gasteiger partial charge in [0, 0.05) is 29.6 Å². The van der Waals surface area contributed by atoms with Gasteiger partial charge in [-0.05, 0) is 48.9 Å². The summed E-state index contributed by atoms with van der Waals surface area (Å²) in [5.74, 6) is -0.454. The van der Waals surface area contributed by atoms with Gasteiger partial charge in [0.25, 0.3) is 5.56 Å². The first-order valence-corrected chi connectivity index (χ1v) is 9.02. The standard InChI is InChI=1S/C20H15ClF2N4O/c1-2-27-18(12-3-5-13(21)6-4-12)26-17-19(27)24-16(25-20(17)28)9-11-7-14(22)10-15(23)8-11/h3-8,10H,2,9H2,1H3,(H,24,25,28). The number of benzene rings is 2. The summed E-state index contributed by atoms with van der Waals surface area (Å²) < 4.78 is 28.7. The molecule has 4 rings (SSSR count).